The normalized spacial score (nSPS) is 12.0. The summed E-state index contributed by atoms with van der Waals surface area (Å²) in [6.07, 6.45) is 4.77. The van der Waals surface area contributed by atoms with Crippen LogP contribution in [-0.4, -0.2) is 21.0 Å². The summed E-state index contributed by atoms with van der Waals surface area (Å²) in [6.45, 7) is 3.78. The Labute approximate surface area is 143 Å². The maximum atomic E-state index is 11.7. The number of benzene rings is 1. The lowest BCUT2D eigenvalue weighted by Gasteiger charge is -2.20. The lowest BCUT2D eigenvalue weighted by atomic mass is 9.85. The van der Waals surface area contributed by atoms with Crippen molar-refractivity contribution in [2.24, 2.45) is 5.73 Å². The fourth-order valence-electron chi connectivity index (χ4n) is 2.68. The third kappa shape index (κ3) is 2.70. The van der Waals surface area contributed by atoms with Crippen LogP contribution in [0.25, 0.3) is 10.9 Å². The number of rotatable bonds is 4. The van der Waals surface area contributed by atoms with Gasteiger partial charge in [-0.25, -0.2) is 0 Å². The molecular formula is C18H14ClN3O2. The topological polar surface area (TPSA) is 89.1 Å². The van der Waals surface area contributed by atoms with Crippen LogP contribution in [-0.2, 0) is 4.79 Å². The van der Waals surface area contributed by atoms with E-state index in [0.29, 0.717) is 27.1 Å². The summed E-state index contributed by atoms with van der Waals surface area (Å²) in [6, 6.07) is 8.60. The summed E-state index contributed by atoms with van der Waals surface area (Å²) in [5.74, 6) is -1.40. The molecule has 0 saturated heterocycles. The largest absolute Gasteiger partial charge is 0.505 e. The van der Waals surface area contributed by atoms with Crippen molar-refractivity contribution in [1.82, 2.24) is 9.97 Å². The number of nitrogens with two attached hydrogens (primary N) is 1. The molecule has 2 heterocycles. The SMILES string of the molecule is C=C(C(N)=O)C(c1cccnc1)c1cc(Cl)c2cccnc2c1O. The zero-order chi connectivity index (χ0) is 17.3. The van der Waals surface area contributed by atoms with Crippen LogP contribution in [0.1, 0.15) is 17.0 Å². The quantitative estimate of drug-likeness (QED) is 0.714. The highest BCUT2D eigenvalue weighted by Crippen LogP contribution is 2.41. The second-order valence-electron chi connectivity index (χ2n) is 5.30. The predicted octanol–water partition coefficient (Wildman–Crippen LogP) is 3.16. The Hall–Kier alpha value is -2.92. The molecule has 6 heteroatoms. The van der Waals surface area contributed by atoms with Gasteiger partial charge in [-0.15, -0.1) is 0 Å². The van der Waals surface area contributed by atoms with Crippen molar-refractivity contribution in [3.05, 3.63) is 77.2 Å². The van der Waals surface area contributed by atoms with Gasteiger partial charge in [0, 0.05) is 41.0 Å². The fraction of sp³-hybridized carbons (Fsp3) is 0.0556. The first-order valence-electron chi connectivity index (χ1n) is 7.15. The number of halogens is 1. The Kier molecular flexibility index (Phi) is 4.18. The standard InChI is InChI=1S/C18H14ClN3O2/c1-10(18(20)24)15(11-4-2-6-21-9-11)13-8-14(19)12-5-3-7-22-16(12)17(13)23/h2-9,15,23H,1H2,(H2,20,24). The number of phenols is 1. The number of pyridine rings is 2. The van der Waals surface area contributed by atoms with Gasteiger partial charge in [-0.3, -0.25) is 14.8 Å². The predicted molar refractivity (Wildman–Crippen MR) is 92.8 cm³/mol. The molecule has 0 aliphatic carbocycles. The van der Waals surface area contributed by atoms with Crippen LogP contribution in [0.15, 0.2) is 61.1 Å². The molecule has 1 unspecified atom stereocenters. The zero-order valence-corrected chi connectivity index (χ0v) is 13.4. The second kappa shape index (κ2) is 6.29. The van der Waals surface area contributed by atoms with Crippen LogP contribution in [0.3, 0.4) is 0 Å². The molecule has 0 spiro atoms. The molecule has 1 aromatic carbocycles. The average molecular weight is 340 g/mol. The summed E-state index contributed by atoms with van der Waals surface area (Å²) < 4.78 is 0. The number of fused-ring (bicyclic) bond motifs is 1. The molecule has 3 N–H and O–H groups in total. The second-order valence-corrected chi connectivity index (χ2v) is 5.71. The first-order chi connectivity index (χ1) is 11.5. The highest BCUT2D eigenvalue weighted by atomic mass is 35.5. The molecule has 5 nitrogen and oxygen atoms in total. The van der Waals surface area contributed by atoms with E-state index in [1.165, 1.54) is 0 Å². The summed E-state index contributed by atoms with van der Waals surface area (Å²) in [7, 11) is 0. The molecular weight excluding hydrogens is 326 g/mol. The third-order valence-electron chi connectivity index (χ3n) is 3.84. The number of aromatic nitrogens is 2. The molecule has 0 aliphatic rings. The van der Waals surface area contributed by atoms with Gasteiger partial charge in [-0.2, -0.15) is 0 Å². The van der Waals surface area contributed by atoms with E-state index in [1.54, 1.807) is 48.9 Å². The molecule has 0 saturated carbocycles. The first kappa shape index (κ1) is 16.0. The zero-order valence-electron chi connectivity index (χ0n) is 12.6. The van der Waals surface area contributed by atoms with Crippen LogP contribution < -0.4 is 5.73 Å². The number of nitrogens with zero attached hydrogens (tertiary/aromatic N) is 2. The number of hydrogen-bond acceptors (Lipinski definition) is 4. The highest BCUT2D eigenvalue weighted by Gasteiger charge is 2.26. The first-order valence-corrected chi connectivity index (χ1v) is 7.53. The molecule has 24 heavy (non-hydrogen) atoms. The third-order valence-corrected chi connectivity index (χ3v) is 4.15. The molecule has 1 amide bonds. The fourth-order valence-corrected chi connectivity index (χ4v) is 2.95. The molecule has 3 rings (SSSR count). The van der Waals surface area contributed by atoms with Crippen LogP contribution in [0.5, 0.6) is 5.75 Å². The molecule has 0 aliphatic heterocycles. The summed E-state index contributed by atoms with van der Waals surface area (Å²) >= 11 is 6.34. The Bertz CT molecular complexity index is 942. The Balaban J connectivity index is 2.29. The van der Waals surface area contributed by atoms with Crippen molar-refractivity contribution in [2.45, 2.75) is 5.92 Å². The summed E-state index contributed by atoms with van der Waals surface area (Å²) in [5, 5.41) is 11.7. The number of carbonyl (C=O) groups is 1. The van der Waals surface area contributed by atoms with Gasteiger partial charge in [0.2, 0.25) is 5.91 Å². The number of primary amides is 1. The van der Waals surface area contributed by atoms with Crippen molar-refractivity contribution < 1.29 is 9.90 Å². The van der Waals surface area contributed by atoms with Crippen molar-refractivity contribution in [3.8, 4) is 5.75 Å². The number of aromatic hydroxyl groups is 1. The van der Waals surface area contributed by atoms with E-state index in [4.69, 9.17) is 17.3 Å². The minimum atomic E-state index is -0.667. The van der Waals surface area contributed by atoms with Gasteiger partial charge in [-0.05, 0) is 29.8 Å². The van der Waals surface area contributed by atoms with E-state index < -0.39 is 11.8 Å². The molecule has 0 bridgehead atoms. The molecule has 120 valence electrons. The van der Waals surface area contributed by atoms with Gasteiger partial charge in [0.1, 0.15) is 11.3 Å². The van der Waals surface area contributed by atoms with Gasteiger partial charge in [0.05, 0.1) is 5.02 Å². The van der Waals surface area contributed by atoms with E-state index >= 15 is 0 Å². The van der Waals surface area contributed by atoms with Crippen molar-refractivity contribution in [1.29, 1.82) is 0 Å². The monoisotopic (exact) mass is 339 g/mol. The molecule has 0 radical (unpaired) electrons. The minimum Gasteiger partial charge on any atom is -0.505 e. The van der Waals surface area contributed by atoms with Gasteiger partial charge >= 0.3 is 0 Å². The van der Waals surface area contributed by atoms with Crippen LogP contribution >= 0.6 is 11.6 Å². The maximum absolute atomic E-state index is 11.7. The van der Waals surface area contributed by atoms with Crippen molar-refractivity contribution >= 4 is 28.4 Å². The van der Waals surface area contributed by atoms with E-state index in [1.807, 2.05) is 0 Å². The number of phenolic OH excluding ortho intramolecular Hbond substituents is 1. The summed E-state index contributed by atoms with van der Waals surface area (Å²) in [4.78, 5) is 20.0. The average Bonchev–Trinajstić information content (AvgIpc) is 2.60. The van der Waals surface area contributed by atoms with Gasteiger partial charge in [0.15, 0.2) is 0 Å². The van der Waals surface area contributed by atoms with E-state index in [-0.39, 0.29) is 11.3 Å². The van der Waals surface area contributed by atoms with Gasteiger partial charge < -0.3 is 10.8 Å². The highest BCUT2D eigenvalue weighted by molar-refractivity contribution is 6.35. The van der Waals surface area contributed by atoms with E-state index in [9.17, 15) is 9.90 Å². The smallest absolute Gasteiger partial charge is 0.244 e. The number of carbonyl (C=O) groups excluding carboxylic acids is 1. The van der Waals surface area contributed by atoms with E-state index in [0.717, 1.165) is 0 Å². The van der Waals surface area contributed by atoms with Crippen LogP contribution in [0.4, 0.5) is 0 Å². The number of hydrogen-bond donors (Lipinski definition) is 2. The minimum absolute atomic E-state index is 0.0637. The lowest BCUT2D eigenvalue weighted by molar-refractivity contribution is -0.114. The number of amides is 1. The lowest BCUT2D eigenvalue weighted by Crippen LogP contribution is -2.20. The molecule has 2 aromatic heterocycles. The Morgan fingerprint density at radius 1 is 1.29 bits per heavy atom. The molecule has 3 aromatic rings. The van der Waals surface area contributed by atoms with Crippen LogP contribution in [0.2, 0.25) is 5.02 Å². The Morgan fingerprint density at radius 2 is 2.04 bits per heavy atom. The van der Waals surface area contributed by atoms with Crippen molar-refractivity contribution in [3.63, 3.8) is 0 Å². The van der Waals surface area contributed by atoms with Crippen LogP contribution in [0, 0.1) is 0 Å². The summed E-state index contributed by atoms with van der Waals surface area (Å²) in [5.41, 5.74) is 6.98. The Morgan fingerprint density at radius 3 is 2.71 bits per heavy atom. The van der Waals surface area contributed by atoms with E-state index in [2.05, 4.69) is 16.5 Å². The van der Waals surface area contributed by atoms with Gasteiger partial charge in [0.25, 0.3) is 0 Å². The molecule has 1 atom stereocenters. The maximum Gasteiger partial charge on any atom is 0.244 e. The van der Waals surface area contributed by atoms with Gasteiger partial charge in [-0.1, -0.05) is 24.2 Å². The molecule has 0 fully saturated rings. The van der Waals surface area contributed by atoms with Crippen molar-refractivity contribution in [2.75, 3.05) is 0 Å².